The lowest BCUT2D eigenvalue weighted by Gasteiger charge is -2.08. The highest BCUT2D eigenvalue weighted by molar-refractivity contribution is 9.19. The van der Waals surface area contributed by atoms with Gasteiger partial charge in [0, 0.05) is 0 Å². The third kappa shape index (κ3) is 1.76. The molecule has 12 heavy (non-hydrogen) atoms. The summed E-state index contributed by atoms with van der Waals surface area (Å²) in [5.41, 5.74) is 0. The quantitative estimate of drug-likeness (QED) is 0.470. The Balaban J connectivity index is 2.84. The van der Waals surface area contributed by atoms with Crippen LogP contribution >= 0.6 is 15.9 Å². The number of carbonyl (C=O) groups is 2. The largest absolute Gasteiger partial charge is 0.467 e. The van der Waals surface area contributed by atoms with Crippen molar-refractivity contribution in [3.8, 4) is 0 Å². The van der Waals surface area contributed by atoms with Crippen LogP contribution in [0.25, 0.3) is 0 Å². The second kappa shape index (κ2) is 3.57. The minimum Gasteiger partial charge on any atom is -0.467 e. The Kier molecular flexibility index (Phi) is 2.69. The van der Waals surface area contributed by atoms with Crippen molar-refractivity contribution in [2.24, 2.45) is 9.98 Å². The van der Waals surface area contributed by atoms with Crippen molar-refractivity contribution >= 4 is 38.6 Å². The highest BCUT2D eigenvalue weighted by atomic mass is 79.9. The maximum absolute atomic E-state index is 10.9. The number of halogens is 1. The van der Waals surface area contributed by atoms with Crippen LogP contribution in [0.15, 0.2) is 9.98 Å². The molecule has 0 aromatic carbocycles. The summed E-state index contributed by atoms with van der Waals surface area (Å²) in [6, 6.07) is -1.14. The molecule has 1 atom stereocenters. The van der Waals surface area contributed by atoms with Crippen molar-refractivity contribution in [2.75, 3.05) is 7.11 Å². The van der Waals surface area contributed by atoms with Gasteiger partial charge in [-0.05, 0) is 15.9 Å². The minimum absolute atomic E-state index is 0.359. The van der Waals surface area contributed by atoms with Gasteiger partial charge in [-0.25, -0.2) is 9.79 Å². The first kappa shape index (κ1) is 9.05. The number of ether oxygens (including phenoxy) is 1. The summed E-state index contributed by atoms with van der Waals surface area (Å²) in [5.74, 6) is -1.31. The zero-order chi connectivity index (χ0) is 9.14. The number of aliphatic imine (C=N–C) groups is 2. The van der Waals surface area contributed by atoms with Crippen molar-refractivity contribution in [1.29, 1.82) is 0 Å². The topological polar surface area (TPSA) is 68.1 Å². The fraction of sp³-hybridized carbons (Fsp3) is 0.333. The van der Waals surface area contributed by atoms with Gasteiger partial charge >= 0.3 is 5.97 Å². The van der Waals surface area contributed by atoms with Gasteiger partial charge in [0.2, 0.25) is 6.04 Å². The molecule has 0 aromatic rings. The Labute approximate surface area is 76.7 Å². The van der Waals surface area contributed by atoms with E-state index in [9.17, 15) is 9.59 Å². The second-order valence-corrected chi connectivity index (χ2v) is 2.79. The highest BCUT2D eigenvalue weighted by Crippen LogP contribution is 2.05. The van der Waals surface area contributed by atoms with Crippen LogP contribution in [0, 0.1) is 0 Å². The van der Waals surface area contributed by atoms with E-state index in [1.165, 1.54) is 13.3 Å². The number of esters is 1. The molecular formula is C6H5BrN2O3. The van der Waals surface area contributed by atoms with Gasteiger partial charge in [0.1, 0.15) is 4.62 Å². The number of carbonyl (C=O) groups excluding carboxylic acids is 2. The molecule has 0 radical (unpaired) electrons. The first-order valence-electron chi connectivity index (χ1n) is 3.04. The van der Waals surface area contributed by atoms with Gasteiger partial charge in [-0.3, -0.25) is 9.79 Å². The third-order valence-electron chi connectivity index (χ3n) is 1.21. The standard InChI is InChI=1S/C6H5BrN2O3/c1-12-6(11)4-5(10)8-2-3(7)9-4/h2,4H,1H3. The summed E-state index contributed by atoms with van der Waals surface area (Å²) in [5, 5.41) is 0. The maximum atomic E-state index is 10.9. The molecule has 64 valence electrons. The molecule has 0 N–H and O–H groups in total. The molecule has 1 unspecified atom stereocenters. The Morgan fingerprint density at radius 2 is 2.42 bits per heavy atom. The minimum atomic E-state index is -1.14. The van der Waals surface area contributed by atoms with E-state index in [-0.39, 0.29) is 0 Å². The van der Waals surface area contributed by atoms with Crippen LogP contribution in [0.5, 0.6) is 0 Å². The Morgan fingerprint density at radius 1 is 1.75 bits per heavy atom. The molecule has 0 fully saturated rings. The summed E-state index contributed by atoms with van der Waals surface area (Å²) in [4.78, 5) is 28.9. The number of rotatable bonds is 1. The average molecular weight is 233 g/mol. The van der Waals surface area contributed by atoms with Gasteiger partial charge < -0.3 is 4.74 Å². The van der Waals surface area contributed by atoms with E-state index in [1.807, 2.05) is 0 Å². The lowest BCUT2D eigenvalue weighted by Crippen LogP contribution is -2.31. The molecule has 0 aliphatic carbocycles. The monoisotopic (exact) mass is 232 g/mol. The van der Waals surface area contributed by atoms with Crippen LogP contribution in [0.1, 0.15) is 0 Å². The van der Waals surface area contributed by atoms with Gasteiger partial charge in [-0.1, -0.05) is 0 Å². The van der Waals surface area contributed by atoms with Crippen molar-refractivity contribution in [1.82, 2.24) is 0 Å². The molecule has 1 amide bonds. The van der Waals surface area contributed by atoms with E-state index in [0.29, 0.717) is 4.62 Å². The molecule has 0 aromatic heterocycles. The maximum Gasteiger partial charge on any atom is 0.340 e. The number of amides is 1. The number of methoxy groups -OCH3 is 1. The zero-order valence-corrected chi connectivity index (χ0v) is 7.74. The van der Waals surface area contributed by atoms with Gasteiger partial charge in [-0.2, -0.15) is 0 Å². The van der Waals surface area contributed by atoms with E-state index in [1.54, 1.807) is 0 Å². The van der Waals surface area contributed by atoms with E-state index in [2.05, 4.69) is 30.7 Å². The summed E-state index contributed by atoms with van der Waals surface area (Å²) >= 11 is 2.99. The first-order valence-corrected chi connectivity index (χ1v) is 3.83. The smallest absolute Gasteiger partial charge is 0.340 e. The van der Waals surface area contributed by atoms with E-state index in [0.717, 1.165) is 0 Å². The van der Waals surface area contributed by atoms with Crippen LogP contribution in [0.3, 0.4) is 0 Å². The SMILES string of the molecule is COC(=O)C1N=C(Br)C=NC1=O. The summed E-state index contributed by atoms with van der Waals surface area (Å²) in [6.07, 6.45) is 1.24. The second-order valence-electron chi connectivity index (χ2n) is 1.97. The summed E-state index contributed by atoms with van der Waals surface area (Å²) < 4.78 is 4.71. The van der Waals surface area contributed by atoms with Crippen molar-refractivity contribution in [2.45, 2.75) is 6.04 Å². The first-order chi connectivity index (χ1) is 5.65. The lowest BCUT2D eigenvalue weighted by atomic mass is 10.3. The lowest BCUT2D eigenvalue weighted by molar-refractivity contribution is -0.144. The average Bonchev–Trinajstić information content (AvgIpc) is 2.08. The van der Waals surface area contributed by atoms with Gasteiger partial charge in [0.25, 0.3) is 5.91 Å². The fourth-order valence-corrected chi connectivity index (χ4v) is 0.972. The van der Waals surface area contributed by atoms with Gasteiger partial charge in [0.05, 0.1) is 13.3 Å². The molecule has 1 heterocycles. The summed E-state index contributed by atoms with van der Waals surface area (Å²) in [7, 11) is 1.19. The highest BCUT2D eigenvalue weighted by Gasteiger charge is 2.28. The zero-order valence-electron chi connectivity index (χ0n) is 6.15. The van der Waals surface area contributed by atoms with E-state index in [4.69, 9.17) is 0 Å². The van der Waals surface area contributed by atoms with Crippen molar-refractivity contribution < 1.29 is 14.3 Å². The molecule has 1 aliphatic rings. The van der Waals surface area contributed by atoms with Crippen molar-refractivity contribution in [3.63, 3.8) is 0 Å². The van der Waals surface area contributed by atoms with Crippen LogP contribution in [-0.4, -0.2) is 35.9 Å². The van der Waals surface area contributed by atoms with E-state index >= 15 is 0 Å². The van der Waals surface area contributed by atoms with Crippen molar-refractivity contribution in [3.05, 3.63) is 0 Å². The van der Waals surface area contributed by atoms with Gasteiger partial charge in [0.15, 0.2) is 0 Å². The van der Waals surface area contributed by atoms with Crippen LogP contribution in [0.4, 0.5) is 0 Å². The molecule has 0 bridgehead atoms. The molecule has 1 aliphatic heterocycles. The molecular weight excluding hydrogens is 228 g/mol. The molecule has 5 nitrogen and oxygen atoms in total. The van der Waals surface area contributed by atoms with E-state index < -0.39 is 17.9 Å². The third-order valence-corrected chi connectivity index (χ3v) is 1.62. The Hall–Kier alpha value is -1.04. The Bertz CT molecular complexity index is 285. The van der Waals surface area contributed by atoms with Crippen LogP contribution in [-0.2, 0) is 14.3 Å². The summed E-state index contributed by atoms with van der Waals surface area (Å²) in [6.45, 7) is 0. The Morgan fingerprint density at radius 3 is 3.00 bits per heavy atom. The predicted molar refractivity (Wildman–Crippen MR) is 45.7 cm³/mol. The molecule has 6 heteroatoms. The molecule has 1 rings (SSSR count). The fourth-order valence-electron chi connectivity index (χ4n) is 0.665. The van der Waals surface area contributed by atoms with Crippen LogP contribution < -0.4 is 0 Å². The molecule has 0 spiro atoms. The number of hydrogen-bond donors (Lipinski definition) is 0. The normalized spacial score (nSPS) is 22.0. The number of hydrogen-bond acceptors (Lipinski definition) is 4. The molecule has 0 saturated heterocycles. The molecule has 0 saturated carbocycles. The van der Waals surface area contributed by atoms with Gasteiger partial charge in [-0.15, -0.1) is 0 Å². The number of nitrogens with zero attached hydrogens (tertiary/aromatic N) is 2. The predicted octanol–water partition coefficient (Wildman–Crippen LogP) is -0.0676. The van der Waals surface area contributed by atoms with Crippen LogP contribution in [0.2, 0.25) is 0 Å².